The summed E-state index contributed by atoms with van der Waals surface area (Å²) in [6.45, 7) is 7.54. The maximum atomic E-state index is 5.29. The molecule has 1 heterocycles. The second-order valence-corrected chi connectivity index (χ2v) is 6.33. The third-order valence-electron chi connectivity index (χ3n) is 3.62. The van der Waals surface area contributed by atoms with E-state index >= 15 is 0 Å². The highest BCUT2D eigenvalue weighted by atomic mass is 16.5. The summed E-state index contributed by atoms with van der Waals surface area (Å²) in [7, 11) is 3.78. The average Bonchev–Trinajstić information content (AvgIpc) is 2.57. The molecule has 0 radical (unpaired) electrons. The number of nitrogens with zero attached hydrogens (tertiary/aromatic N) is 2. The van der Waals surface area contributed by atoms with Crippen LogP contribution in [0.1, 0.15) is 44.9 Å². The van der Waals surface area contributed by atoms with E-state index in [1.54, 1.807) is 7.11 Å². The number of aryl methyl sites for hydroxylation is 1. The molecule has 0 saturated heterocycles. The maximum absolute atomic E-state index is 5.29. The number of rotatable bonds is 4. The molecule has 0 atom stereocenters. The molecular weight excluding hydrogens is 226 g/mol. The van der Waals surface area contributed by atoms with E-state index in [1.807, 2.05) is 11.7 Å². The summed E-state index contributed by atoms with van der Waals surface area (Å²) >= 11 is 0. The molecule has 0 bridgehead atoms. The minimum absolute atomic E-state index is 0.104. The minimum Gasteiger partial charge on any atom is -0.381 e. The van der Waals surface area contributed by atoms with E-state index in [-0.39, 0.29) is 5.41 Å². The van der Waals surface area contributed by atoms with Gasteiger partial charge in [0.1, 0.15) is 0 Å². The predicted molar refractivity (Wildman–Crippen MR) is 72.6 cm³/mol. The van der Waals surface area contributed by atoms with Crippen LogP contribution in [-0.4, -0.2) is 29.0 Å². The van der Waals surface area contributed by atoms with Crippen molar-refractivity contribution in [2.45, 2.75) is 57.7 Å². The Balaban J connectivity index is 1.93. The molecule has 1 aromatic rings. The zero-order valence-corrected chi connectivity index (χ0v) is 12.2. The van der Waals surface area contributed by atoms with Crippen LogP contribution in [0.15, 0.2) is 6.20 Å². The van der Waals surface area contributed by atoms with Gasteiger partial charge < -0.3 is 10.1 Å². The van der Waals surface area contributed by atoms with Gasteiger partial charge in [-0.25, -0.2) is 0 Å². The van der Waals surface area contributed by atoms with Gasteiger partial charge in [-0.15, -0.1) is 0 Å². The van der Waals surface area contributed by atoms with Crippen LogP contribution in [0.4, 0.5) is 0 Å². The zero-order chi connectivity index (χ0) is 13.3. The Bertz CT molecular complexity index is 400. The lowest BCUT2D eigenvalue weighted by atomic mass is 9.87. The lowest BCUT2D eigenvalue weighted by Gasteiger charge is -2.35. The lowest BCUT2D eigenvalue weighted by molar-refractivity contribution is 0.0169. The molecule has 102 valence electrons. The predicted octanol–water partition coefficient (Wildman–Crippen LogP) is 1.98. The number of ether oxygens (including phenoxy) is 1. The summed E-state index contributed by atoms with van der Waals surface area (Å²) in [5.41, 5.74) is 2.61. The normalized spacial score (nSPS) is 24.1. The van der Waals surface area contributed by atoms with E-state index in [0.717, 1.165) is 19.4 Å². The second-order valence-electron chi connectivity index (χ2n) is 6.33. The van der Waals surface area contributed by atoms with E-state index in [0.29, 0.717) is 12.1 Å². The summed E-state index contributed by atoms with van der Waals surface area (Å²) in [4.78, 5) is 0. The summed E-state index contributed by atoms with van der Waals surface area (Å²) in [5, 5.41) is 8.18. The van der Waals surface area contributed by atoms with Crippen LogP contribution in [0.5, 0.6) is 0 Å². The van der Waals surface area contributed by atoms with Gasteiger partial charge in [0, 0.05) is 43.9 Å². The summed E-state index contributed by atoms with van der Waals surface area (Å²) in [6.07, 6.45) is 4.84. The highest BCUT2D eigenvalue weighted by Crippen LogP contribution is 2.26. The third kappa shape index (κ3) is 2.93. The molecule has 2 rings (SSSR count). The fourth-order valence-electron chi connectivity index (χ4n) is 2.48. The van der Waals surface area contributed by atoms with Crippen molar-refractivity contribution in [1.82, 2.24) is 15.1 Å². The highest BCUT2D eigenvalue weighted by molar-refractivity contribution is 5.24. The molecule has 0 amide bonds. The first-order valence-corrected chi connectivity index (χ1v) is 6.69. The van der Waals surface area contributed by atoms with Crippen molar-refractivity contribution < 1.29 is 4.74 Å². The Morgan fingerprint density at radius 1 is 1.44 bits per heavy atom. The Morgan fingerprint density at radius 2 is 2.11 bits per heavy atom. The quantitative estimate of drug-likeness (QED) is 0.889. The summed E-state index contributed by atoms with van der Waals surface area (Å²) in [5.74, 6) is 0. The molecule has 4 heteroatoms. The number of nitrogens with one attached hydrogen (secondary N) is 1. The molecular formula is C14H25N3O. The number of methoxy groups -OCH3 is 1. The van der Waals surface area contributed by atoms with Gasteiger partial charge in [0.15, 0.2) is 0 Å². The van der Waals surface area contributed by atoms with Gasteiger partial charge in [0.05, 0.1) is 11.8 Å². The minimum atomic E-state index is 0.104. The topological polar surface area (TPSA) is 39.1 Å². The van der Waals surface area contributed by atoms with E-state index in [9.17, 15) is 0 Å². The van der Waals surface area contributed by atoms with Gasteiger partial charge in [0.2, 0.25) is 0 Å². The van der Waals surface area contributed by atoms with Crippen LogP contribution in [-0.2, 0) is 23.7 Å². The van der Waals surface area contributed by atoms with E-state index < -0.39 is 0 Å². The van der Waals surface area contributed by atoms with Gasteiger partial charge in [-0.1, -0.05) is 20.8 Å². The fourth-order valence-corrected chi connectivity index (χ4v) is 2.48. The second kappa shape index (κ2) is 5.02. The Kier molecular flexibility index (Phi) is 3.78. The van der Waals surface area contributed by atoms with Crippen molar-refractivity contribution in [2.24, 2.45) is 7.05 Å². The van der Waals surface area contributed by atoms with Crippen molar-refractivity contribution in [3.05, 3.63) is 17.5 Å². The van der Waals surface area contributed by atoms with E-state index in [1.165, 1.54) is 11.3 Å². The van der Waals surface area contributed by atoms with Gasteiger partial charge in [-0.3, -0.25) is 4.68 Å². The Hall–Kier alpha value is -0.870. The first kappa shape index (κ1) is 13.6. The van der Waals surface area contributed by atoms with Gasteiger partial charge >= 0.3 is 0 Å². The van der Waals surface area contributed by atoms with E-state index in [4.69, 9.17) is 4.74 Å². The molecule has 1 fully saturated rings. The van der Waals surface area contributed by atoms with Gasteiger partial charge in [-0.05, 0) is 12.8 Å². The molecule has 1 N–H and O–H groups in total. The molecule has 0 spiro atoms. The van der Waals surface area contributed by atoms with Crippen molar-refractivity contribution >= 4 is 0 Å². The van der Waals surface area contributed by atoms with Crippen LogP contribution >= 0.6 is 0 Å². The van der Waals surface area contributed by atoms with Crippen LogP contribution in [0.2, 0.25) is 0 Å². The SMILES string of the molecule is COC1CC(NCc2cn(C)nc2C(C)(C)C)C1. The largest absolute Gasteiger partial charge is 0.381 e. The summed E-state index contributed by atoms with van der Waals surface area (Å²) < 4.78 is 7.21. The van der Waals surface area contributed by atoms with Crippen molar-refractivity contribution in [3.63, 3.8) is 0 Å². The van der Waals surface area contributed by atoms with Gasteiger partial charge in [-0.2, -0.15) is 5.10 Å². The molecule has 0 aliphatic heterocycles. The highest BCUT2D eigenvalue weighted by Gasteiger charge is 2.29. The van der Waals surface area contributed by atoms with Crippen LogP contribution in [0, 0.1) is 0 Å². The number of hydrogen-bond acceptors (Lipinski definition) is 3. The smallest absolute Gasteiger partial charge is 0.0722 e. The molecule has 1 aromatic heterocycles. The monoisotopic (exact) mass is 251 g/mol. The number of aromatic nitrogens is 2. The van der Waals surface area contributed by atoms with Crippen LogP contribution in [0.25, 0.3) is 0 Å². The lowest BCUT2D eigenvalue weighted by Crippen LogP contribution is -2.44. The van der Waals surface area contributed by atoms with E-state index in [2.05, 4.69) is 37.4 Å². The maximum Gasteiger partial charge on any atom is 0.0722 e. The first-order chi connectivity index (χ1) is 8.40. The molecule has 0 unspecified atom stereocenters. The van der Waals surface area contributed by atoms with Crippen molar-refractivity contribution in [1.29, 1.82) is 0 Å². The number of hydrogen-bond donors (Lipinski definition) is 1. The molecule has 0 aromatic carbocycles. The van der Waals surface area contributed by atoms with Gasteiger partial charge in [0.25, 0.3) is 0 Å². The summed E-state index contributed by atoms with van der Waals surface area (Å²) in [6, 6.07) is 0.600. The first-order valence-electron chi connectivity index (χ1n) is 6.69. The average molecular weight is 251 g/mol. The Morgan fingerprint density at radius 3 is 2.67 bits per heavy atom. The standard InChI is InChI=1S/C14H25N3O/c1-14(2,3)13-10(9-17(4)16-13)8-15-11-6-12(7-11)18-5/h9,11-12,15H,6-8H2,1-5H3. The van der Waals surface area contributed by atoms with Crippen LogP contribution < -0.4 is 5.32 Å². The molecule has 4 nitrogen and oxygen atoms in total. The molecule has 1 aliphatic rings. The fraction of sp³-hybridized carbons (Fsp3) is 0.786. The zero-order valence-electron chi connectivity index (χ0n) is 12.2. The third-order valence-corrected chi connectivity index (χ3v) is 3.62. The van der Waals surface area contributed by atoms with Crippen molar-refractivity contribution in [3.8, 4) is 0 Å². The Labute approximate surface area is 110 Å². The van der Waals surface area contributed by atoms with Crippen LogP contribution in [0.3, 0.4) is 0 Å². The molecule has 1 aliphatic carbocycles. The molecule has 1 saturated carbocycles. The van der Waals surface area contributed by atoms with Crippen molar-refractivity contribution in [2.75, 3.05) is 7.11 Å². The molecule has 18 heavy (non-hydrogen) atoms.